The molecule has 1 aliphatic carbocycles. The molecule has 0 spiro atoms. The van der Waals surface area contributed by atoms with Crippen molar-refractivity contribution in [1.29, 1.82) is 10.5 Å². The highest BCUT2D eigenvalue weighted by Gasteiger charge is 2.61. The van der Waals surface area contributed by atoms with E-state index in [2.05, 4.69) is 4.74 Å². The minimum absolute atomic E-state index is 0.140. The van der Waals surface area contributed by atoms with Gasteiger partial charge in [0, 0.05) is 5.92 Å². The third-order valence-electron chi connectivity index (χ3n) is 3.08. The van der Waals surface area contributed by atoms with Gasteiger partial charge in [-0.1, -0.05) is 12.2 Å². The van der Waals surface area contributed by atoms with Crippen molar-refractivity contribution in [3.05, 3.63) is 12.2 Å². The molecular weight excluding hydrogens is 194 g/mol. The largest absolute Gasteiger partial charge is 0.466 e. The maximum absolute atomic E-state index is 11.7. The number of fused-ring (bicyclic) bond motifs is 2. The Kier molecular flexibility index (Phi) is 1.90. The van der Waals surface area contributed by atoms with Crippen molar-refractivity contribution < 1.29 is 9.53 Å². The number of nitriles is 2. The van der Waals surface area contributed by atoms with Crippen LogP contribution in [0.2, 0.25) is 0 Å². The van der Waals surface area contributed by atoms with E-state index >= 15 is 0 Å². The molecule has 5 nitrogen and oxygen atoms in total. The Morgan fingerprint density at radius 2 is 2.33 bits per heavy atom. The first-order valence-corrected chi connectivity index (χ1v) is 4.57. The summed E-state index contributed by atoms with van der Waals surface area (Å²) >= 11 is 0. The summed E-state index contributed by atoms with van der Waals surface area (Å²) in [5.41, 5.74) is -1.44. The van der Waals surface area contributed by atoms with Gasteiger partial charge in [-0.15, -0.1) is 0 Å². The average Bonchev–Trinajstić information content (AvgIpc) is 2.85. The molecule has 1 aliphatic heterocycles. The van der Waals surface area contributed by atoms with Crippen LogP contribution >= 0.6 is 0 Å². The molecule has 0 radical (unpaired) electrons. The van der Waals surface area contributed by atoms with Gasteiger partial charge in [-0.2, -0.15) is 10.5 Å². The van der Waals surface area contributed by atoms with Gasteiger partial charge >= 0.3 is 5.97 Å². The van der Waals surface area contributed by atoms with Gasteiger partial charge in [0.2, 0.25) is 5.54 Å². The van der Waals surface area contributed by atoms with E-state index in [4.69, 9.17) is 10.5 Å². The number of hydrogen-bond donors (Lipinski definition) is 0. The van der Waals surface area contributed by atoms with E-state index in [1.807, 2.05) is 24.4 Å². The predicted octanol–water partition coefficient (Wildman–Crippen LogP) is 0.163. The van der Waals surface area contributed by atoms with Gasteiger partial charge in [0.05, 0.1) is 13.2 Å². The van der Waals surface area contributed by atoms with Crippen LogP contribution < -0.4 is 0 Å². The van der Waals surface area contributed by atoms with Crippen molar-refractivity contribution >= 4 is 5.97 Å². The molecule has 0 aromatic carbocycles. The molecule has 1 heterocycles. The Balaban J connectivity index is 2.50. The molecule has 0 N–H and O–H groups in total. The van der Waals surface area contributed by atoms with E-state index in [1.165, 1.54) is 12.0 Å². The zero-order valence-corrected chi connectivity index (χ0v) is 8.17. The molecule has 1 saturated heterocycles. The summed E-state index contributed by atoms with van der Waals surface area (Å²) < 4.78 is 4.62. The number of likely N-dealkylation sites (tertiary alicyclic amines) is 1. The second-order valence-corrected chi connectivity index (χ2v) is 3.63. The Bertz CT molecular complexity index is 417. The lowest BCUT2D eigenvalue weighted by molar-refractivity contribution is -0.150. The van der Waals surface area contributed by atoms with Crippen LogP contribution in [0.3, 0.4) is 0 Å². The molecule has 3 unspecified atom stereocenters. The molecule has 0 saturated carbocycles. The van der Waals surface area contributed by atoms with Crippen LogP contribution in [-0.2, 0) is 9.53 Å². The third kappa shape index (κ3) is 0.924. The number of hydrogen-bond acceptors (Lipinski definition) is 5. The highest BCUT2D eigenvalue weighted by molar-refractivity contribution is 5.86. The van der Waals surface area contributed by atoms with Crippen LogP contribution in [0.15, 0.2) is 12.2 Å². The number of methoxy groups -OCH3 is 1. The smallest absolute Gasteiger partial charge is 0.348 e. The Morgan fingerprint density at radius 3 is 2.87 bits per heavy atom. The summed E-state index contributed by atoms with van der Waals surface area (Å²) in [4.78, 5) is 12.9. The van der Waals surface area contributed by atoms with Crippen molar-refractivity contribution in [2.24, 2.45) is 5.92 Å². The van der Waals surface area contributed by atoms with Crippen molar-refractivity contribution in [3.63, 3.8) is 0 Å². The quantitative estimate of drug-likeness (QED) is 0.344. The molecule has 15 heavy (non-hydrogen) atoms. The molecule has 1 fully saturated rings. The Hall–Kier alpha value is -2.01. The van der Waals surface area contributed by atoms with Crippen molar-refractivity contribution in [1.82, 2.24) is 4.90 Å². The lowest BCUT2D eigenvalue weighted by Crippen LogP contribution is -2.54. The molecule has 2 bridgehead atoms. The van der Waals surface area contributed by atoms with Gasteiger partial charge in [-0.25, -0.2) is 4.79 Å². The zero-order chi connectivity index (χ0) is 11.1. The van der Waals surface area contributed by atoms with Crippen LogP contribution in [0.4, 0.5) is 0 Å². The minimum atomic E-state index is -1.44. The van der Waals surface area contributed by atoms with E-state index in [-0.39, 0.29) is 12.0 Å². The first kappa shape index (κ1) is 9.54. The van der Waals surface area contributed by atoms with Crippen LogP contribution in [0, 0.1) is 28.7 Å². The van der Waals surface area contributed by atoms with Gasteiger partial charge in [0.1, 0.15) is 6.07 Å². The Labute approximate surface area is 87.1 Å². The van der Waals surface area contributed by atoms with Gasteiger partial charge in [0.15, 0.2) is 6.19 Å². The zero-order valence-electron chi connectivity index (χ0n) is 8.17. The van der Waals surface area contributed by atoms with Crippen LogP contribution in [0.25, 0.3) is 0 Å². The van der Waals surface area contributed by atoms with E-state index < -0.39 is 11.5 Å². The van der Waals surface area contributed by atoms with E-state index in [0.29, 0.717) is 6.42 Å². The van der Waals surface area contributed by atoms with Crippen LogP contribution in [0.5, 0.6) is 0 Å². The number of carbonyl (C=O) groups excluding carboxylic acids is 1. The fourth-order valence-electron chi connectivity index (χ4n) is 2.36. The first-order valence-electron chi connectivity index (χ1n) is 4.57. The predicted molar refractivity (Wildman–Crippen MR) is 48.8 cm³/mol. The van der Waals surface area contributed by atoms with E-state index in [1.54, 1.807) is 0 Å². The summed E-state index contributed by atoms with van der Waals surface area (Å²) in [7, 11) is 1.23. The number of nitrogens with zero attached hydrogens (tertiary/aromatic N) is 3. The Morgan fingerprint density at radius 1 is 1.60 bits per heavy atom. The monoisotopic (exact) mass is 203 g/mol. The van der Waals surface area contributed by atoms with Crippen LogP contribution in [0.1, 0.15) is 6.42 Å². The van der Waals surface area contributed by atoms with Gasteiger partial charge in [-0.05, 0) is 6.42 Å². The van der Waals surface area contributed by atoms with Gasteiger partial charge in [-0.3, -0.25) is 4.90 Å². The third-order valence-corrected chi connectivity index (χ3v) is 3.08. The van der Waals surface area contributed by atoms with Crippen molar-refractivity contribution in [2.75, 3.05) is 7.11 Å². The molecule has 0 amide bonds. The minimum Gasteiger partial charge on any atom is -0.466 e. The molecule has 3 atom stereocenters. The molecule has 2 aliphatic rings. The summed E-state index contributed by atoms with van der Waals surface area (Å²) in [6.07, 6.45) is 6.22. The summed E-state index contributed by atoms with van der Waals surface area (Å²) in [5, 5.41) is 18.1. The average molecular weight is 203 g/mol. The fourth-order valence-corrected chi connectivity index (χ4v) is 2.36. The van der Waals surface area contributed by atoms with Crippen molar-refractivity contribution in [3.8, 4) is 12.3 Å². The highest BCUT2D eigenvalue weighted by Crippen LogP contribution is 2.44. The van der Waals surface area contributed by atoms with Crippen LogP contribution in [-0.4, -0.2) is 29.6 Å². The molecule has 0 aromatic rings. The maximum atomic E-state index is 11.7. The lowest BCUT2D eigenvalue weighted by atomic mass is 9.86. The second kappa shape index (κ2) is 2.99. The first-order chi connectivity index (χ1) is 7.20. The maximum Gasteiger partial charge on any atom is 0.348 e. The fraction of sp³-hybridized carbons (Fsp3) is 0.500. The number of esters is 1. The standard InChI is InChI=1S/C10H9N3O2/c1-15-9(14)10(5-11)7-2-3-8(4-7)13(10)6-12/h2-3,7-8H,4H2,1H3. The van der Waals surface area contributed by atoms with E-state index in [9.17, 15) is 4.79 Å². The van der Waals surface area contributed by atoms with Crippen molar-refractivity contribution in [2.45, 2.75) is 18.0 Å². The normalized spacial score (nSPS) is 36.1. The highest BCUT2D eigenvalue weighted by atomic mass is 16.5. The topological polar surface area (TPSA) is 77.1 Å². The summed E-state index contributed by atoms with van der Waals surface area (Å²) in [6.45, 7) is 0. The molecule has 5 heteroatoms. The summed E-state index contributed by atoms with van der Waals surface area (Å²) in [6, 6.07) is 1.80. The molecule has 76 valence electrons. The summed E-state index contributed by atoms with van der Waals surface area (Å²) in [5.74, 6) is -0.886. The molecule has 0 aromatic heterocycles. The number of rotatable bonds is 1. The lowest BCUT2D eigenvalue weighted by Gasteiger charge is -2.32. The molecule has 2 rings (SSSR count). The number of ether oxygens (including phenoxy) is 1. The number of carbonyl (C=O) groups is 1. The van der Waals surface area contributed by atoms with E-state index in [0.717, 1.165) is 0 Å². The van der Waals surface area contributed by atoms with Gasteiger partial charge in [0.25, 0.3) is 0 Å². The van der Waals surface area contributed by atoms with Gasteiger partial charge < -0.3 is 4.74 Å². The SMILES string of the molecule is COC(=O)C1(C#N)C2C=CC(C2)N1C#N. The molecular formula is C10H9N3O2. The second-order valence-electron chi connectivity index (χ2n) is 3.63.